The predicted octanol–water partition coefficient (Wildman–Crippen LogP) is 14.7. The van der Waals surface area contributed by atoms with Crippen LogP contribution in [0.5, 0.6) is 0 Å². The first-order valence-electron chi connectivity index (χ1n) is 18.8. The number of nitrogens with zero attached hydrogens (tertiary/aromatic N) is 2. The molecule has 0 atom stereocenters. The Bertz CT molecular complexity index is 3480. The molecule has 0 unspecified atom stereocenters. The van der Waals surface area contributed by atoms with Gasteiger partial charge in [0, 0.05) is 58.7 Å². The van der Waals surface area contributed by atoms with E-state index in [9.17, 15) is 0 Å². The van der Waals surface area contributed by atoms with Crippen LogP contribution in [0.4, 0.5) is 0 Å². The molecule has 0 fully saturated rings. The molecule has 9 aromatic carbocycles. The normalized spacial score (nSPS) is 12.0. The molecule has 0 saturated heterocycles. The minimum Gasteiger partial charge on any atom is -0.309 e. The summed E-state index contributed by atoms with van der Waals surface area (Å²) in [4.78, 5) is 0. The Hall–Kier alpha value is -6.94. The van der Waals surface area contributed by atoms with Gasteiger partial charge in [-0.25, -0.2) is 0 Å². The number of benzene rings is 9. The first-order chi connectivity index (χ1) is 27.3. The maximum absolute atomic E-state index is 2.48. The second-order valence-corrected chi connectivity index (χ2v) is 15.6. The van der Waals surface area contributed by atoms with Gasteiger partial charge in [-0.05, 0) is 94.2 Å². The quantitative estimate of drug-likeness (QED) is 0.172. The molecule has 3 heterocycles. The van der Waals surface area contributed by atoms with E-state index in [1.807, 2.05) is 11.3 Å². The van der Waals surface area contributed by atoms with E-state index in [0.717, 1.165) is 0 Å². The average Bonchev–Trinajstić information content (AvgIpc) is 3.91. The average molecular weight is 717 g/mol. The molecule has 0 aliphatic heterocycles. The summed E-state index contributed by atoms with van der Waals surface area (Å²) in [5.74, 6) is 0. The van der Waals surface area contributed by atoms with Crippen molar-refractivity contribution in [2.24, 2.45) is 0 Å². The summed E-state index contributed by atoms with van der Waals surface area (Å²) in [5.41, 5.74) is 12.2. The van der Waals surface area contributed by atoms with Gasteiger partial charge in [-0.15, -0.1) is 11.3 Å². The van der Waals surface area contributed by atoms with E-state index in [2.05, 4.69) is 203 Å². The fourth-order valence-corrected chi connectivity index (χ4v) is 10.3. The van der Waals surface area contributed by atoms with E-state index >= 15 is 0 Å². The zero-order valence-corrected chi connectivity index (χ0v) is 30.6. The number of aromatic nitrogens is 2. The van der Waals surface area contributed by atoms with Crippen molar-refractivity contribution in [2.45, 2.75) is 0 Å². The van der Waals surface area contributed by atoms with Gasteiger partial charge in [0.1, 0.15) is 0 Å². The summed E-state index contributed by atoms with van der Waals surface area (Å²) in [7, 11) is 0. The highest BCUT2D eigenvalue weighted by Gasteiger charge is 2.19. The van der Waals surface area contributed by atoms with E-state index in [1.165, 1.54) is 108 Å². The summed E-state index contributed by atoms with van der Waals surface area (Å²) >= 11 is 1.90. The highest BCUT2D eigenvalue weighted by molar-refractivity contribution is 7.26. The van der Waals surface area contributed by atoms with Crippen LogP contribution < -0.4 is 0 Å². The fourth-order valence-electron chi connectivity index (χ4n) is 9.04. The molecule has 0 saturated carbocycles. The van der Waals surface area contributed by atoms with Crippen LogP contribution in [0.1, 0.15) is 0 Å². The molecule has 0 aliphatic carbocycles. The highest BCUT2D eigenvalue weighted by atomic mass is 32.1. The third-order valence-corrected chi connectivity index (χ3v) is 12.7. The molecule has 2 nitrogen and oxygen atoms in total. The van der Waals surface area contributed by atoms with Gasteiger partial charge in [-0.3, -0.25) is 0 Å². The Labute approximate surface area is 321 Å². The van der Waals surface area contributed by atoms with Crippen molar-refractivity contribution in [1.82, 2.24) is 9.13 Å². The smallest absolute Gasteiger partial charge is 0.0541 e. The first-order valence-corrected chi connectivity index (χ1v) is 19.7. The van der Waals surface area contributed by atoms with Gasteiger partial charge < -0.3 is 9.13 Å². The van der Waals surface area contributed by atoms with Crippen molar-refractivity contribution >= 4 is 85.9 Å². The van der Waals surface area contributed by atoms with Crippen LogP contribution in [0.3, 0.4) is 0 Å². The molecule has 0 bridgehead atoms. The lowest BCUT2D eigenvalue weighted by Crippen LogP contribution is -1.95. The number of fused-ring (bicyclic) bond motifs is 10. The number of para-hydroxylation sites is 3. The SMILES string of the molecule is c1ccc(-n2c3ccccc3c3cc(-c4ccc5c(c4)c4ccccc4n5-c4cc(-c5cccc6ccccc56)c5sc6ccccc6c5c4)ccc32)cc1. The summed E-state index contributed by atoms with van der Waals surface area (Å²) in [6, 6.07) is 71.5. The molecular formula is C52H32N2S. The largest absolute Gasteiger partial charge is 0.309 e. The minimum atomic E-state index is 1.17. The van der Waals surface area contributed by atoms with Crippen LogP contribution >= 0.6 is 11.3 Å². The second kappa shape index (κ2) is 11.8. The maximum atomic E-state index is 2.48. The van der Waals surface area contributed by atoms with Gasteiger partial charge in [0.25, 0.3) is 0 Å². The minimum absolute atomic E-state index is 1.17. The Morgan fingerprint density at radius 1 is 0.309 bits per heavy atom. The Morgan fingerprint density at radius 3 is 1.56 bits per heavy atom. The van der Waals surface area contributed by atoms with Crippen LogP contribution in [0.15, 0.2) is 194 Å². The van der Waals surface area contributed by atoms with E-state index in [1.54, 1.807) is 0 Å². The van der Waals surface area contributed by atoms with E-state index in [-0.39, 0.29) is 0 Å². The molecule has 12 rings (SSSR count). The van der Waals surface area contributed by atoms with Crippen LogP contribution in [0.25, 0.3) is 108 Å². The van der Waals surface area contributed by atoms with Crippen LogP contribution in [-0.4, -0.2) is 9.13 Å². The van der Waals surface area contributed by atoms with Crippen LogP contribution in [0, 0.1) is 0 Å². The molecule has 3 aromatic heterocycles. The zero-order valence-electron chi connectivity index (χ0n) is 29.8. The van der Waals surface area contributed by atoms with Crippen LogP contribution in [0.2, 0.25) is 0 Å². The molecule has 0 amide bonds. The van der Waals surface area contributed by atoms with Gasteiger partial charge in [0.15, 0.2) is 0 Å². The summed E-state index contributed by atoms with van der Waals surface area (Å²) in [5, 5.41) is 10.2. The van der Waals surface area contributed by atoms with E-state index < -0.39 is 0 Å². The Balaban J connectivity index is 1.09. The lowest BCUT2D eigenvalue weighted by molar-refractivity contribution is 1.18. The molecular weight excluding hydrogens is 685 g/mol. The van der Waals surface area contributed by atoms with Crippen LogP contribution in [-0.2, 0) is 0 Å². The molecule has 0 aliphatic rings. The Morgan fingerprint density at radius 2 is 0.855 bits per heavy atom. The molecule has 55 heavy (non-hydrogen) atoms. The number of thiophene rings is 1. The van der Waals surface area contributed by atoms with Gasteiger partial charge in [-0.2, -0.15) is 0 Å². The molecule has 3 heteroatoms. The number of hydrogen-bond donors (Lipinski definition) is 0. The van der Waals surface area contributed by atoms with Crippen molar-refractivity contribution in [3.8, 4) is 33.6 Å². The summed E-state index contributed by atoms with van der Waals surface area (Å²) < 4.78 is 7.50. The first kappa shape index (κ1) is 30.5. The van der Waals surface area contributed by atoms with Gasteiger partial charge in [-0.1, -0.05) is 127 Å². The molecule has 0 radical (unpaired) electrons. The predicted molar refractivity (Wildman–Crippen MR) is 236 cm³/mol. The van der Waals surface area contributed by atoms with Gasteiger partial charge in [0.2, 0.25) is 0 Å². The number of rotatable bonds is 4. The van der Waals surface area contributed by atoms with Crippen molar-refractivity contribution in [3.63, 3.8) is 0 Å². The van der Waals surface area contributed by atoms with Crippen molar-refractivity contribution < 1.29 is 0 Å². The van der Waals surface area contributed by atoms with E-state index in [0.29, 0.717) is 0 Å². The topological polar surface area (TPSA) is 9.86 Å². The second-order valence-electron chi connectivity index (χ2n) is 14.5. The lowest BCUT2D eigenvalue weighted by atomic mass is 9.96. The summed E-state index contributed by atoms with van der Waals surface area (Å²) in [6.07, 6.45) is 0. The third-order valence-electron chi connectivity index (χ3n) is 11.5. The molecule has 0 N–H and O–H groups in total. The third kappa shape index (κ3) is 4.54. The standard InChI is InChI=1S/C52H32N2S/c1-2-15-36(16-3-1)53-47-22-9-6-18-40(47)43-29-34(25-27-49(43)53)35-26-28-50-44(30-35)41-19-7-10-23-48(41)54(50)37-31-45(39-21-12-14-33-13-4-5-17-38(33)39)52-46(32-37)42-20-8-11-24-51(42)55-52/h1-32H. The zero-order chi connectivity index (χ0) is 36.0. The molecule has 12 aromatic rings. The van der Waals surface area contributed by atoms with Crippen molar-refractivity contribution in [2.75, 3.05) is 0 Å². The lowest BCUT2D eigenvalue weighted by Gasteiger charge is -2.14. The number of hydrogen-bond acceptors (Lipinski definition) is 1. The Kier molecular flexibility index (Phi) is 6.54. The monoisotopic (exact) mass is 716 g/mol. The van der Waals surface area contributed by atoms with Crippen molar-refractivity contribution in [3.05, 3.63) is 194 Å². The summed E-state index contributed by atoms with van der Waals surface area (Å²) in [6.45, 7) is 0. The fraction of sp³-hybridized carbons (Fsp3) is 0. The highest BCUT2D eigenvalue weighted by Crippen LogP contribution is 2.45. The van der Waals surface area contributed by atoms with E-state index in [4.69, 9.17) is 0 Å². The molecule has 256 valence electrons. The van der Waals surface area contributed by atoms with Gasteiger partial charge >= 0.3 is 0 Å². The van der Waals surface area contributed by atoms with Crippen molar-refractivity contribution in [1.29, 1.82) is 0 Å². The molecule has 0 spiro atoms. The van der Waals surface area contributed by atoms with Gasteiger partial charge in [0.05, 0.1) is 22.1 Å². The maximum Gasteiger partial charge on any atom is 0.0541 e.